The van der Waals surface area contributed by atoms with Gasteiger partial charge in [0.1, 0.15) is 6.54 Å². The van der Waals surface area contributed by atoms with E-state index in [-0.39, 0.29) is 36.0 Å². The zero-order valence-corrected chi connectivity index (χ0v) is 16.9. The molecule has 0 aliphatic carbocycles. The molecule has 1 atom stereocenters. The topological polar surface area (TPSA) is 80.1 Å². The summed E-state index contributed by atoms with van der Waals surface area (Å²) in [4.78, 5) is 25.8. The van der Waals surface area contributed by atoms with Crippen LogP contribution in [0.3, 0.4) is 0 Å². The summed E-state index contributed by atoms with van der Waals surface area (Å²) in [5.41, 5.74) is 2.52. The molecule has 2 amide bonds. The summed E-state index contributed by atoms with van der Waals surface area (Å²) in [5, 5.41) is 10.8. The van der Waals surface area contributed by atoms with Crippen molar-refractivity contribution < 1.29 is 9.59 Å². The van der Waals surface area contributed by atoms with Crippen molar-refractivity contribution in [1.82, 2.24) is 25.2 Å². The minimum absolute atomic E-state index is 0.0531. The van der Waals surface area contributed by atoms with Gasteiger partial charge in [-0.05, 0) is 23.0 Å². The van der Waals surface area contributed by atoms with E-state index in [1.165, 1.54) is 21.3 Å². The Morgan fingerprint density at radius 3 is 2.19 bits per heavy atom. The molecule has 0 saturated carbocycles. The third-order valence-electron chi connectivity index (χ3n) is 4.48. The third kappa shape index (κ3) is 5.39. The molecule has 0 aliphatic rings. The van der Waals surface area contributed by atoms with E-state index in [0.717, 1.165) is 5.56 Å². The van der Waals surface area contributed by atoms with E-state index in [1.807, 2.05) is 0 Å². The number of rotatable bonds is 7. The molecular weight excluding hydrogens is 342 g/mol. The van der Waals surface area contributed by atoms with Crippen LogP contribution in [0.25, 0.3) is 0 Å². The summed E-state index contributed by atoms with van der Waals surface area (Å²) in [6, 6.07) is 8.20. The van der Waals surface area contributed by atoms with Gasteiger partial charge in [0, 0.05) is 14.1 Å². The summed E-state index contributed by atoms with van der Waals surface area (Å²) < 4.78 is 1.37. The normalized spacial score (nSPS) is 12.3. The number of carbonyl (C=O) groups excluding carboxylic acids is 2. The Morgan fingerprint density at radius 1 is 1.07 bits per heavy atom. The summed E-state index contributed by atoms with van der Waals surface area (Å²) in [5.74, 6) is 0.262. The number of likely N-dealkylation sites (N-methyl/N-ethyl adjacent to an activating group) is 1. The molecule has 146 valence electrons. The van der Waals surface area contributed by atoms with E-state index >= 15 is 0 Å². The van der Waals surface area contributed by atoms with Crippen molar-refractivity contribution in [2.24, 2.45) is 5.92 Å². The van der Waals surface area contributed by atoms with E-state index in [2.05, 4.69) is 67.6 Å². The monoisotopic (exact) mass is 371 g/mol. The predicted molar refractivity (Wildman–Crippen MR) is 104 cm³/mol. The van der Waals surface area contributed by atoms with Crippen molar-refractivity contribution in [3.8, 4) is 0 Å². The number of hydrogen-bond acceptors (Lipinski definition) is 4. The van der Waals surface area contributed by atoms with Gasteiger partial charge in [-0.1, -0.05) is 57.2 Å². The fourth-order valence-electron chi connectivity index (χ4n) is 2.70. The molecule has 0 radical (unpaired) electrons. The van der Waals surface area contributed by atoms with E-state index in [4.69, 9.17) is 0 Å². The van der Waals surface area contributed by atoms with Crippen LogP contribution in [0.2, 0.25) is 0 Å². The Balaban J connectivity index is 2.11. The average molecular weight is 371 g/mol. The number of hydrogen-bond donors (Lipinski definition) is 1. The van der Waals surface area contributed by atoms with Gasteiger partial charge in [-0.25, -0.2) is 4.68 Å². The van der Waals surface area contributed by atoms with E-state index in [0.29, 0.717) is 5.92 Å². The molecule has 0 bridgehead atoms. The lowest BCUT2D eigenvalue weighted by molar-refractivity contribution is -0.129. The van der Waals surface area contributed by atoms with E-state index in [1.54, 1.807) is 14.1 Å². The first-order valence-electron chi connectivity index (χ1n) is 9.20. The Hall–Kier alpha value is -2.70. The van der Waals surface area contributed by atoms with Gasteiger partial charge < -0.3 is 10.2 Å². The predicted octanol–water partition coefficient (Wildman–Crippen LogP) is 2.62. The Morgan fingerprint density at radius 2 is 1.67 bits per heavy atom. The number of nitrogens with one attached hydrogen (secondary N) is 1. The minimum Gasteiger partial charge on any atom is -0.347 e. The molecule has 7 nitrogen and oxygen atoms in total. The molecule has 0 saturated heterocycles. The van der Waals surface area contributed by atoms with Crippen molar-refractivity contribution in [3.05, 3.63) is 47.3 Å². The average Bonchev–Trinajstić information content (AvgIpc) is 3.07. The Kier molecular flexibility index (Phi) is 6.71. The summed E-state index contributed by atoms with van der Waals surface area (Å²) in [6.07, 6.45) is 1.50. The first-order chi connectivity index (χ1) is 12.7. The lowest BCUT2D eigenvalue weighted by Gasteiger charge is -2.23. The highest BCUT2D eigenvalue weighted by Gasteiger charge is 2.21. The van der Waals surface area contributed by atoms with Crippen LogP contribution in [0.4, 0.5) is 0 Å². The number of aromatic nitrogens is 3. The van der Waals surface area contributed by atoms with Crippen molar-refractivity contribution in [3.63, 3.8) is 0 Å². The lowest BCUT2D eigenvalue weighted by atomic mass is 9.93. The second-order valence-electron chi connectivity index (χ2n) is 7.61. The minimum atomic E-state index is -0.301. The van der Waals surface area contributed by atoms with Gasteiger partial charge in [0.2, 0.25) is 5.91 Å². The van der Waals surface area contributed by atoms with Crippen LogP contribution in [-0.2, 0) is 11.3 Å². The van der Waals surface area contributed by atoms with Crippen LogP contribution in [0, 0.1) is 5.92 Å². The quantitative estimate of drug-likeness (QED) is 0.811. The number of carbonyl (C=O) groups is 2. The molecule has 1 heterocycles. The summed E-state index contributed by atoms with van der Waals surface area (Å²) in [6.45, 7) is 8.49. The maximum atomic E-state index is 12.6. The van der Waals surface area contributed by atoms with Crippen LogP contribution < -0.4 is 5.32 Å². The van der Waals surface area contributed by atoms with Crippen molar-refractivity contribution in [2.45, 2.75) is 46.2 Å². The highest BCUT2D eigenvalue weighted by atomic mass is 16.2. The van der Waals surface area contributed by atoms with Gasteiger partial charge in [-0.15, -0.1) is 5.10 Å². The Bertz CT molecular complexity index is 778. The second kappa shape index (κ2) is 8.79. The molecule has 1 unspecified atom stereocenters. The highest BCUT2D eigenvalue weighted by molar-refractivity contribution is 5.92. The van der Waals surface area contributed by atoms with Gasteiger partial charge in [0.05, 0.1) is 12.2 Å². The maximum Gasteiger partial charge on any atom is 0.273 e. The van der Waals surface area contributed by atoms with Crippen LogP contribution in [-0.4, -0.2) is 45.8 Å². The summed E-state index contributed by atoms with van der Waals surface area (Å²) in [7, 11) is 3.34. The smallest absolute Gasteiger partial charge is 0.273 e. The maximum absolute atomic E-state index is 12.6. The lowest BCUT2D eigenvalue weighted by Crippen LogP contribution is -2.32. The van der Waals surface area contributed by atoms with Gasteiger partial charge in [-0.3, -0.25) is 9.59 Å². The first-order valence-corrected chi connectivity index (χ1v) is 9.20. The molecule has 1 aromatic carbocycles. The number of amides is 2. The number of benzene rings is 1. The van der Waals surface area contributed by atoms with Crippen molar-refractivity contribution >= 4 is 11.8 Å². The van der Waals surface area contributed by atoms with Crippen LogP contribution in [0.15, 0.2) is 30.5 Å². The standard InChI is InChI=1S/C20H29N5O2/c1-13(2)15-7-9-16(10-8-15)19(14(3)4)21-20(27)17-11-25(23-22-17)12-18(26)24(5)6/h7-11,13-14,19H,12H2,1-6H3,(H,21,27). The molecule has 27 heavy (non-hydrogen) atoms. The van der Waals surface area contributed by atoms with Gasteiger partial charge in [0.15, 0.2) is 5.69 Å². The zero-order valence-electron chi connectivity index (χ0n) is 16.9. The fourth-order valence-corrected chi connectivity index (χ4v) is 2.70. The summed E-state index contributed by atoms with van der Waals surface area (Å²) >= 11 is 0. The number of nitrogens with zero attached hydrogens (tertiary/aromatic N) is 4. The molecule has 0 fully saturated rings. The first kappa shape index (κ1) is 20.6. The van der Waals surface area contributed by atoms with Gasteiger partial charge in [-0.2, -0.15) is 0 Å². The fraction of sp³-hybridized carbons (Fsp3) is 0.500. The third-order valence-corrected chi connectivity index (χ3v) is 4.48. The largest absolute Gasteiger partial charge is 0.347 e. The highest BCUT2D eigenvalue weighted by Crippen LogP contribution is 2.24. The second-order valence-corrected chi connectivity index (χ2v) is 7.61. The Labute approximate surface area is 160 Å². The molecular formula is C20H29N5O2. The van der Waals surface area contributed by atoms with Gasteiger partial charge in [0.25, 0.3) is 5.91 Å². The van der Waals surface area contributed by atoms with Crippen LogP contribution in [0.5, 0.6) is 0 Å². The molecule has 1 aromatic heterocycles. The van der Waals surface area contributed by atoms with Crippen molar-refractivity contribution in [1.29, 1.82) is 0 Å². The molecule has 2 rings (SSSR count). The molecule has 0 spiro atoms. The van der Waals surface area contributed by atoms with E-state index in [9.17, 15) is 9.59 Å². The van der Waals surface area contributed by atoms with Gasteiger partial charge >= 0.3 is 0 Å². The zero-order chi connectivity index (χ0) is 20.1. The SMILES string of the molecule is CC(C)c1ccc(C(NC(=O)c2cn(CC(=O)N(C)C)nn2)C(C)C)cc1. The molecule has 1 N–H and O–H groups in total. The van der Waals surface area contributed by atoms with Crippen LogP contribution in [0.1, 0.15) is 61.3 Å². The van der Waals surface area contributed by atoms with Crippen molar-refractivity contribution in [2.75, 3.05) is 14.1 Å². The molecule has 0 aliphatic heterocycles. The van der Waals surface area contributed by atoms with E-state index < -0.39 is 0 Å². The molecule has 2 aromatic rings. The van der Waals surface area contributed by atoms with Crippen LogP contribution >= 0.6 is 0 Å². The molecule has 7 heteroatoms.